The van der Waals surface area contributed by atoms with Crippen molar-refractivity contribution in [1.82, 2.24) is 0 Å². The predicted octanol–water partition coefficient (Wildman–Crippen LogP) is 1.96. The van der Waals surface area contributed by atoms with Gasteiger partial charge < -0.3 is 10.8 Å². The minimum atomic E-state index is -3.27. The smallest absolute Gasteiger partial charge is 0.175 e. The summed E-state index contributed by atoms with van der Waals surface area (Å²) in [5, 5.41) is 9.97. The first-order valence-corrected chi connectivity index (χ1v) is 8.13. The van der Waals surface area contributed by atoms with Gasteiger partial charge in [-0.2, -0.15) is 0 Å². The van der Waals surface area contributed by atoms with Gasteiger partial charge in [0, 0.05) is 11.8 Å². The van der Waals surface area contributed by atoms with E-state index >= 15 is 0 Å². The van der Waals surface area contributed by atoms with Crippen molar-refractivity contribution in [2.24, 2.45) is 5.73 Å². The summed E-state index contributed by atoms with van der Waals surface area (Å²) < 4.78 is 23.2. The van der Waals surface area contributed by atoms with E-state index in [1.807, 2.05) is 12.1 Å². The molecule has 0 radical (unpaired) electrons. The standard InChI is InChI=1S/C15H17NO3S/c1-20(18,19)13-4-2-3-12(10-13)14-9-11(7-8-16)5-6-15(14)17/h2-6,9-10,17H,7-8,16H2,1H3. The number of sulfone groups is 1. The van der Waals surface area contributed by atoms with E-state index < -0.39 is 9.84 Å². The second-order valence-electron chi connectivity index (χ2n) is 4.69. The molecule has 0 saturated heterocycles. The average Bonchev–Trinajstić information content (AvgIpc) is 2.40. The monoisotopic (exact) mass is 291 g/mol. The van der Waals surface area contributed by atoms with Crippen molar-refractivity contribution < 1.29 is 13.5 Å². The van der Waals surface area contributed by atoms with Gasteiger partial charge >= 0.3 is 0 Å². The highest BCUT2D eigenvalue weighted by Crippen LogP contribution is 2.31. The van der Waals surface area contributed by atoms with E-state index in [2.05, 4.69) is 0 Å². The normalized spacial score (nSPS) is 11.5. The topological polar surface area (TPSA) is 80.4 Å². The van der Waals surface area contributed by atoms with Crippen LogP contribution in [0.25, 0.3) is 11.1 Å². The zero-order chi connectivity index (χ0) is 14.8. The van der Waals surface area contributed by atoms with Gasteiger partial charge in [0.05, 0.1) is 4.90 Å². The Morgan fingerprint density at radius 3 is 2.55 bits per heavy atom. The summed E-state index contributed by atoms with van der Waals surface area (Å²) in [7, 11) is -3.27. The molecule has 0 amide bonds. The fourth-order valence-electron chi connectivity index (χ4n) is 2.03. The average molecular weight is 291 g/mol. The van der Waals surface area contributed by atoms with Crippen molar-refractivity contribution in [3.8, 4) is 16.9 Å². The van der Waals surface area contributed by atoms with E-state index in [1.165, 1.54) is 0 Å². The molecule has 0 fully saturated rings. The van der Waals surface area contributed by atoms with Crippen LogP contribution >= 0.6 is 0 Å². The minimum Gasteiger partial charge on any atom is -0.507 e. The molecule has 106 valence electrons. The molecule has 0 aliphatic carbocycles. The van der Waals surface area contributed by atoms with E-state index in [1.54, 1.807) is 30.3 Å². The van der Waals surface area contributed by atoms with Gasteiger partial charge in [-0.3, -0.25) is 0 Å². The molecule has 0 atom stereocenters. The molecule has 0 aliphatic heterocycles. The first-order chi connectivity index (χ1) is 9.41. The van der Waals surface area contributed by atoms with Crippen molar-refractivity contribution in [2.45, 2.75) is 11.3 Å². The number of nitrogens with two attached hydrogens (primary N) is 1. The third-order valence-electron chi connectivity index (χ3n) is 3.07. The van der Waals surface area contributed by atoms with E-state index in [0.29, 0.717) is 24.1 Å². The van der Waals surface area contributed by atoms with Crippen LogP contribution < -0.4 is 5.73 Å². The van der Waals surface area contributed by atoms with Crippen molar-refractivity contribution in [2.75, 3.05) is 12.8 Å². The Labute approximate surface area is 118 Å². The molecule has 0 aliphatic rings. The second-order valence-corrected chi connectivity index (χ2v) is 6.71. The zero-order valence-corrected chi connectivity index (χ0v) is 12.0. The summed E-state index contributed by atoms with van der Waals surface area (Å²) >= 11 is 0. The lowest BCUT2D eigenvalue weighted by molar-refractivity contribution is 0.477. The lowest BCUT2D eigenvalue weighted by Crippen LogP contribution is -2.02. The van der Waals surface area contributed by atoms with Crippen LogP contribution in [0, 0.1) is 0 Å². The van der Waals surface area contributed by atoms with E-state index in [9.17, 15) is 13.5 Å². The third kappa shape index (κ3) is 3.18. The maximum atomic E-state index is 11.6. The van der Waals surface area contributed by atoms with Crippen LogP contribution in [0.5, 0.6) is 5.75 Å². The molecular formula is C15H17NO3S. The Morgan fingerprint density at radius 2 is 1.90 bits per heavy atom. The molecule has 2 rings (SSSR count). The second kappa shape index (κ2) is 5.64. The SMILES string of the molecule is CS(=O)(=O)c1cccc(-c2cc(CCN)ccc2O)c1. The molecule has 20 heavy (non-hydrogen) atoms. The lowest BCUT2D eigenvalue weighted by Gasteiger charge is -2.09. The molecule has 0 unspecified atom stereocenters. The minimum absolute atomic E-state index is 0.122. The third-order valence-corrected chi connectivity index (χ3v) is 4.18. The van der Waals surface area contributed by atoms with Gasteiger partial charge in [0.25, 0.3) is 0 Å². The maximum absolute atomic E-state index is 11.6. The molecule has 3 N–H and O–H groups in total. The fourth-order valence-corrected chi connectivity index (χ4v) is 2.70. The van der Waals surface area contributed by atoms with Crippen LogP contribution in [0.15, 0.2) is 47.4 Å². The number of aromatic hydroxyl groups is 1. The number of rotatable bonds is 4. The molecule has 4 nitrogen and oxygen atoms in total. The van der Waals surface area contributed by atoms with Crippen molar-refractivity contribution in [3.05, 3.63) is 48.0 Å². The summed E-state index contributed by atoms with van der Waals surface area (Å²) in [5.41, 5.74) is 7.81. The molecule has 0 aromatic heterocycles. The van der Waals surface area contributed by atoms with Gasteiger partial charge in [0.2, 0.25) is 0 Å². The van der Waals surface area contributed by atoms with Crippen molar-refractivity contribution in [1.29, 1.82) is 0 Å². The van der Waals surface area contributed by atoms with Gasteiger partial charge in [-0.05, 0) is 48.4 Å². The van der Waals surface area contributed by atoms with Crippen LogP contribution in [0.4, 0.5) is 0 Å². The quantitative estimate of drug-likeness (QED) is 0.902. The molecule has 0 bridgehead atoms. The van der Waals surface area contributed by atoms with Gasteiger partial charge in [0.15, 0.2) is 9.84 Å². The molecule has 0 heterocycles. The van der Waals surface area contributed by atoms with Gasteiger partial charge in [-0.1, -0.05) is 18.2 Å². The zero-order valence-electron chi connectivity index (χ0n) is 11.2. The molecule has 5 heteroatoms. The number of phenolic OH excluding ortho intramolecular Hbond substituents is 1. The lowest BCUT2D eigenvalue weighted by atomic mass is 10.0. The van der Waals surface area contributed by atoms with Crippen LogP contribution in [-0.2, 0) is 16.3 Å². The summed E-state index contributed by atoms with van der Waals surface area (Å²) in [6.07, 6.45) is 1.87. The molecule has 0 spiro atoms. The first kappa shape index (κ1) is 14.6. The molecule has 2 aromatic rings. The van der Waals surface area contributed by atoms with E-state index in [-0.39, 0.29) is 10.6 Å². The number of hydrogen-bond donors (Lipinski definition) is 2. The summed E-state index contributed by atoms with van der Waals surface area (Å²) in [5.74, 6) is 0.122. The first-order valence-electron chi connectivity index (χ1n) is 6.24. The Kier molecular flexibility index (Phi) is 4.11. The molecule has 2 aromatic carbocycles. The van der Waals surface area contributed by atoms with Crippen LogP contribution in [0.2, 0.25) is 0 Å². The van der Waals surface area contributed by atoms with Crippen LogP contribution in [0.3, 0.4) is 0 Å². The number of hydrogen-bond acceptors (Lipinski definition) is 4. The van der Waals surface area contributed by atoms with Gasteiger partial charge in [-0.15, -0.1) is 0 Å². The van der Waals surface area contributed by atoms with Crippen LogP contribution in [0.1, 0.15) is 5.56 Å². The summed E-state index contributed by atoms with van der Waals surface area (Å²) in [4.78, 5) is 0.235. The molecular weight excluding hydrogens is 274 g/mol. The highest BCUT2D eigenvalue weighted by Gasteiger charge is 2.11. The van der Waals surface area contributed by atoms with Crippen molar-refractivity contribution in [3.63, 3.8) is 0 Å². The van der Waals surface area contributed by atoms with E-state index in [4.69, 9.17) is 5.73 Å². The van der Waals surface area contributed by atoms with Crippen LogP contribution in [-0.4, -0.2) is 26.3 Å². The Balaban J connectivity index is 2.53. The fraction of sp³-hybridized carbons (Fsp3) is 0.200. The van der Waals surface area contributed by atoms with Gasteiger partial charge in [-0.25, -0.2) is 8.42 Å². The maximum Gasteiger partial charge on any atom is 0.175 e. The predicted molar refractivity (Wildman–Crippen MR) is 79.4 cm³/mol. The highest BCUT2D eigenvalue weighted by atomic mass is 32.2. The summed E-state index contributed by atoms with van der Waals surface area (Å²) in [6, 6.07) is 11.8. The van der Waals surface area contributed by atoms with Crippen molar-refractivity contribution >= 4 is 9.84 Å². The summed E-state index contributed by atoms with van der Waals surface area (Å²) in [6.45, 7) is 0.521. The Hall–Kier alpha value is -1.85. The highest BCUT2D eigenvalue weighted by molar-refractivity contribution is 7.90. The number of phenols is 1. The Bertz CT molecular complexity index is 724. The Morgan fingerprint density at radius 1 is 1.15 bits per heavy atom. The largest absolute Gasteiger partial charge is 0.507 e. The van der Waals surface area contributed by atoms with E-state index in [0.717, 1.165) is 11.8 Å². The van der Waals surface area contributed by atoms with Gasteiger partial charge in [0.1, 0.15) is 5.75 Å². The molecule has 0 saturated carbocycles. The number of benzene rings is 2.